The van der Waals surface area contributed by atoms with Crippen LogP contribution in [0.25, 0.3) is 6.08 Å². The van der Waals surface area contributed by atoms with E-state index in [2.05, 4.69) is 5.32 Å². The Kier molecular flexibility index (Phi) is 6.67. The van der Waals surface area contributed by atoms with Crippen LogP contribution in [0, 0.1) is 27.2 Å². The third kappa shape index (κ3) is 4.99. The van der Waals surface area contributed by atoms with Crippen LogP contribution in [-0.2, 0) is 9.59 Å². The van der Waals surface area contributed by atoms with E-state index in [9.17, 15) is 34.6 Å². The molecule has 13 heteroatoms. The Hall–Kier alpha value is -5.10. The molecular formula is C24H15ClN4O8. The average Bonchev–Trinajstić information content (AvgIpc) is 2.84. The first kappa shape index (κ1) is 25.0. The molecule has 12 nitrogen and oxygen atoms in total. The molecule has 1 N–H and O–H groups in total. The molecule has 186 valence electrons. The molecule has 0 saturated carbocycles. The minimum absolute atomic E-state index is 0.0913. The van der Waals surface area contributed by atoms with E-state index in [4.69, 9.17) is 16.3 Å². The number of halogens is 1. The number of nitro groups is 2. The second-order valence-electron chi connectivity index (χ2n) is 7.68. The van der Waals surface area contributed by atoms with Gasteiger partial charge in [0.1, 0.15) is 11.3 Å². The summed E-state index contributed by atoms with van der Waals surface area (Å²) in [7, 11) is 0. The molecular weight excluding hydrogens is 508 g/mol. The van der Waals surface area contributed by atoms with Gasteiger partial charge in [-0.05, 0) is 54.5 Å². The van der Waals surface area contributed by atoms with Gasteiger partial charge in [0.05, 0.1) is 21.6 Å². The number of barbiturate groups is 1. The monoisotopic (exact) mass is 522 g/mol. The smallest absolute Gasteiger partial charge is 0.335 e. The summed E-state index contributed by atoms with van der Waals surface area (Å²) in [5.74, 6) is -1.95. The molecule has 1 fully saturated rings. The fourth-order valence-electron chi connectivity index (χ4n) is 3.52. The number of urea groups is 1. The zero-order chi connectivity index (χ0) is 26.9. The third-order valence-electron chi connectivity index (χ3n) is 5.33. The van der Waals surface area contributed by atoms with Crippen LogP contribution in [0.5, 0.6) is 11.5 Å². The third-order valence-corrected chi connectivity index (χ3v) is 5.74. The average molecular weight is 523 g/mol. The number of rotatable bonds is 6. The van der Waals surface area contributed by atoms with E-state index in [1.165, 1.54) is 36.4 Å². The number of imide groups is 2. The maximum Gasteiger partial charge on any atom is 0.335 e. The number of carbonyl (C=O) groups is 3. The highest BCUT2D eigenvalue weighted by Crippen LogP contribution is 2.35. The molecule has 1 saturated heterocycles. The Labute approximate surface area is 213 Å². The summed E-state index contributed by atoms with van der Waals surface area (Å²) in [6.07, 6.45) is 1.23. The number of nitrogens with one attached hydrogen (secondary N) is 1. The number of hydrogen-bond donors (Lipinski definition) is 1. The summed E-state index contributed by atoms with van der Waals surface area (Å²) in [6, 6.07) is 12.6. The molecule has 0 spiro atoms. The molecule has 3 aromatic carbocycles. The van der Waals surface area contributed by atoms with E-state index >= 15 is 0 Å². The molecule has 1 aliphatic rings. The summed E-state index contributed by atoms with van der Waals surface area (Å²) in [4.78, 5) is 59.7. The molecule has 0 atom stereocenters. The highest BCUT2D eigenvalue weighted by atomic mass is 35.5. The standard InChI is InChI=1S/C24H15ClN4O8/c1-13-18(25)6-3-7-19(13)27-23(31)17(22(30)26-24(27)32)11-14-4-2-5-16(10-14)37-21-9-8-15(28(33)34)12-20(21)29(35)36/h2-12H,1H3,(H,26,30,32)/b17-11-. The van der Waals surface area contributed by atoms with Crippen molar-refractivity contribution in [1.82, 2.24) is 5.32 Å². The number of non-ortho nitro benzene ring substituents is 1. The number of nitrogens with zero attached hydrogens (tertiary/aromatic N) is 3. The lowest BCUT2D eigenvalue weighted by Crippen LogP contribution is -2.54. The van der Waals surface area contributed by atoms with Crippen LogP contribution >= 0.6 is 11.6 Å². The number of ether oxygens (including phenoxy) is 1. The lowest BCUT2D eigenvalue weighted by molar-refractivity contribution is -0.394. The van der Waals surface area contributed by atoms with Crippen molar-refractivity contribution in [2.45, 2.75) is 6.92 Å². The van der Waals surface area contributed by atoms with Gasteiger partial charge in [-0.2, -0.15) is 0 Å². The van der Waals surface area contributed by atoms with Crippen LogP contribution in [-0.4, -0.2) is 27.7 Å². The maximum atomic E-state index is 13.2. The summed E-state index contributed by atoms with van der Waals surface area (Å²) >= 11 is 6.12. The van der Waals surface area contributed by atoms with E-state index in [0.717, 1.165) is 23.1 Å². The first-order valence-electron chi connectivity index (χ1n) is 10.4. The van der Waals surface area contributed by atoms with Gasteiger partial charge in [-0.1, -0.05) is 29.8 Å². The molecule has 3 aromatic rings. The molecule has 0 bridgehead atoms. The highest BCUT2D eigenvalue weighted by Gasteiger charge is 2.37. The van der Waals surface area contributed by atoms with Crippen LogP contribution in [0.1, 0.15) is 11.1 Å². The van der Waals surface area contributed by atoms with E-state index in [0.29, 0.717) is 16.1 Å². The first-order valence-corrected chi connectivity index (χ1v) is 10.8. The molecule has 4 rings (SSSR count). The molecule has 1 aliphatic heterocycles. The first-order chi connectivity index (χ1) is 17.6. The predicted octanol–water partition coefficient (Wildman–Crippen LogP) is 4.92. The highest BCUT2D eigenvalue weighted by molar-refractivity contribution is 6.39. The van der Waals surface area contributed by atoms with Crippen LogP contribution in [0.15, 0.2) is 66.2 Å². The van der Waals surface area contributed by atoms with Gasteiger partial charge in [0, 0.05) is 11.1 Å². The van der Waals surface area contributed by atoms with Crippen molar-refractivity contribution in [3.63, 3.8) is 0 Å². The van der Waals surface area contributed by atoms with Gasteiger partial charge < -0.3 is 4.74 Å². The summed E-state index contributed by atoms with van der Waals surface area (Å²) in [5.41, 5.74) is -0.480. The van der Waals surface area contributed by atoms with E-state index in [1.54, 1.807) is 19.1 Å². The molecule has 0 unspecified atom stereocenters. The van der Waals surface area contributed by atoms with Crippen molar-refractivity contribution < 1.29 is 29.0 Å². The Morgan fingerprint density at radius 2 is 1.70 bits per heavy atom. The molecule has 1 heterocycles. The van der Waals surface area contributed by atoms with Gasteiger partial charge >= 0.3 is 11.7 Å². The lowest BCUT2D eigenvalue weighted by atomic mass is 10.1. The normalized spacial score (nSPS) is 14.5. The van der Waals surface area contributed by atoms with Crippen molar-refractivity contribution >= 4 is 52.6 Å². The fourth-order valence-corrected chi connectivity index (χ4v) is 3.69. The summed E-state index contributed by atoms with van der Waals surface area (Å²) in [5, 5.41) is 24.8. The topological polar surface area (TPSA) is 162 Å². The Bertz CT molecular complexity index is 1530. The van der Waals surface area contributed by atoms with Gasteiger partial charge in [0.25, 0.3) is 17.5 Å². The lowest BCUT2D eigenvalue weighted by Gasteiger charge is -2.27. The van der Waals surface area contributed by atoms with E-state index < -0.39 is 39.1 Å². The van der Waals surface area contributed by atoms with Crippen molar-refractivity contribution in [3.8, 4) is 11.5 Å². The predicted molar refractivity (Wildman–Crippen MR) is 131 cm³/mol. The quantitative estimate of drug-likeness (QED) is 0.206. The van der Waals surface area contributed by atoms with Crippen LogP contribution in [0.4, 0.5) is 21.9 Å². The van der Waals surface area contributed by atoms with Crippen molar-refractivity contribution in [2.75, 3.05) is 4.90 Å². The van der Waals surface area contributed by atoms with Gasteiger partial charge in [0.2, 0.25) is 5.75 Å². The maximum absolute atomic E-state index is 13.2. The molecule has 4 amide bonds. The summed E-state index contributed by atoms with van der Waals surface area (Å²) in [6.45, 7) is 1.62. The minimum Gasteiger partial charge on any atom is -0.450 e. The van der Waals surface area contributed by atoms with Gasteiger partial charge in [-0.3, -0.25) is 35.1 Å². The number of anilines is 1. The largest absolute Gasteiger partial charge is 0.450 e. The molecule has 37 heavy (non-hydrogen) atoms. The fraction of sp³-hybridized carbons (Fsp3) is 0.0417. The number of amides is 4. The molecule has 0 aliphatic carbocycles. The van der Waals surface area contributed by atoms with Crippen LogP contribution in [0.3, 0.4) is 0 Å². The van der Waals surface area contributed by atoms with E-state index in [-0.39, 0.29) is 22.8 Å². The Morgan fingerprint density at radius 3 is 2.41 bits per heavy atom. The van der Waals surface area contributed by atoms with Gasteiger partial charge in [-0.15, -0.1) is 0 Å². The van der Waals surface area contributed by atoms with E-state index in [1.807, 2.05) is 0 Å². The van der Waals surface area contributed by atoms with Gasteiger partial charge in [0.15, 0.2) is 0 Å². The number of carbonyl (C=O) groups excluding carboxylic acids is 3. The van der Waals surface area contributed by atoms with Crippen molar-refractivity contribution in [3.05, 3.63) is 103 Å². The number of benzene rings is 3. The zero-order valence-corrected chi connectivity index (χ0v) is 19.6. The molecule has 0 aromatic heterocycles. The molecule has 0 radical (unpaired) electrons. The van der Waals surface area contributed by atoms with Crippen molar-refractivity contribution in [1.29, 1.82) is 0 Å². The Morgan fingerprint density at radius 1 is 0.973 bits per heavy atom. The SMILES string of the molecule is Cc1c(Cl)cccc1N1C(=O)NC(=O)/C(=C/c2cccc(Oc3ccc([N+](=O)[O-])cc3[N+](=O)[O-])c2)C1=O. The van der Waals surface area contributed by atoms with Crippen LogP contribution in [0.2, 0.25) is 5.02 Å². The minimum atomic E-state index is -0.930. The number of hydrogen-bond acceptors (Lipinski definition) is 8. The van der Waals surface area contributed by atoms with Gasteiger partial charge in [-0.25, -0.2) is 9.69 Å². The second-order valence-corrected chi connectivity index (χ2v) is 8.09. The second kappa shape index (κ2) is 9.87. The number of nitro benzene ring substituents is 2. The summed E-state index contributed by atoms with van der Waals surface area (Å²) < 4.78 is 5.57. The van der Waals surface area contributed by atoms with Crippen molar-refractivity contribution in [2.24, 2.45) is 0 Å². The van der Waals surface area contributed by atoms with Crippen LogP contribution < -0.4 is 15.0 Å². The zero-order valence-electron chi connectivity index (χ0n) is 18.8. The Balaban J connectivity index is 1.68.